The smallest absolute Gasteiger partial charge is 0.305 e. The van der Waals surface area contributed by atoms with Gasteiger partial charge >= 0.3 is 5.97 Å². The van der Waals surface area contributed by atoms with E-state index in [0.717, 1.165) is 57.8 Å². The molecule has 0 spiro atoms. The summed E-state index contributed by atoms with van der Waals surface area (Å²) in [5.41, 5.74) is 0. The number of unbranched alkanes of at least 4 members (excludes halogenated alkanes) is 44. The fraction of sp³-hybridized carbons (Fsp3) is 0.831. The van der Waals surface area contributed by atoms with Crippen molar-refractivity contribution in [2.24, 2.45) is 0 Å². The van der Waals surface area contributed by atoms with Crippen LogP contribution >= 0.6 is 0 Å². The van der Waals surface area contributed by atoms with Crippen molar-refractivity contribution in [2.75, 3.05) is 13.2 Å². The van der Waals surface area contributed by atoms with Crippen LogP contribution in [-0.2, 0) is 14.3 Å². The molecule has 2 atom stereocenters. The van der Waals surface area contributed by atoms with E-state index in [4.69, 9.17) is 4.74 Å². The van der Waals surface area contributed by atoms with E-state index in [0.29, 0.717) is 19.4 Å². The highest BCUT2D eigenvalue weighted by atomic mass is 16.5. The third-order valence-corrected chi connectivity index (χ3v) is 15.5. The Morgan fingerprint density at radius 2 is 0.649 bits per heavy atom. The van der Waals surface area contributed by atoms with E-state index < -0.39 is 12.1 Å². The van der Waals surface area contributed by atoms with Gasteiger partial charge in [0.1, 0.15) is 0 Å². The van der Waals surface area contributed by atoms with Crippen molar-refractivity contribution in [1.82, 2.24) is 5.32 Å². The van der Waals surface area contributed by atoms with Crippen molar-refractivity contribution in [3.05, 3.63) is 60.8 Å². The zero-order valence-corrected chi connectivity index (χ0v) is 51.4. The van der Waals surface area contributed by atoms with Crippen LogP contribution in [-0.4, -0.2) is 47.4 Å². The SMILES string of the molecule is CCCCCC/C=C\C/C=C\CCCCCCCC(=O)OCCCCCCCCCCC/C=C\C/C=C\CCCCCCCCCCCCCCCC(=O)NC(CO)C(O)/C=C/CCCCCCCCCCCCCCC. The predicted molar refractivity (Wildman–Crippen MR) is 338 cm³/mol. The molecule has 0 heterocycles. The summed E-state index contributed by atoms with van der Waals surface area (Å²) in [5.74, 6) is -0.0703. The summed E-state index contributed by atoms with van der Waals surface area (Å²) in [6.07, 6.45) is 87.1. The molecule has 6 heteroatoms. The molecular formula is C71H131NO5. The first-order valence-corrected chi connectivity index (χ1v) is 34.1. The topological polar surface area (TPSA) is 95.9 Å². The monoisotopic (exact) mass is 1080 g/mol. The molecule has 0 aliphatic heterocycles. The van der Waals surface area contributed by atoms with Crippen molar-refractivity contribution in [1.29, 1.82) is 0 Å². The van der Waals surface area contributed by atoms with Crippen molar-refractivity contribution in [3.8, 4) is 0 Å². The van der Waals surface area contributed by atoms with Crippen LogP contribution < -0.4 is 5.32 Å². The molecule has 2 unspecified atom stereocenters. The van der Waals surface area contributed by atoms with E-state index >= 15 is 0 Å². The third-order valence-electron chi connectivity index (χ3n) is 15.5. The number of nitrogens with one attached hydrogen (secondary N) is 1. The largest absolute Gasteiger partial charge is 0.466 e. The van der Waals surface area contributed by atoms with Crippen LogP contribution in [0.5, 0.6) is 0 Å². The molecule has 77 heavy (non-hydrogen) atoms. The Labute approximate surface area is 479 Å². The molecule has 6 nitrogen and oxygen atoms in total. The highest BCUT2D eigenvalue weighted by Crippen LogP contribution is 2.17. The molecule has 0 fully saturated rings. The average molecular weight is 1080 g/mol. The quantitative estimate of drug-likeness (QED) is 0.0320. The van der Waals surface area contributed by atoms with Gasteiger partial charge < -0.3 is 20.3 Å². The molecule has 0 saturated carbocycles. The molecule has 0 bridgehead atoms. The number of aliphatic hydroxyl groups is 2. The lowest BCUT2D eigenvalue weighted by molar-refractivity contribution is -0.143. The number of hydrogen-bond donors (Lipinski definition) is 3. The first-order valence-electron chi connectivity index (χ1n) is 34.1. The lowest BCUT2D eigenvalue weighted by Crippen LogP contribution is -2.45. The fourth-order valence-electron chi connectivity index (χ4n) is 10.3. The predicted octanol–water partition coefficient (Wildman–Crippen LogP) is 21.9. The molecule has 0 aliphatic rings. The summed E-state index contributed by atoms with van der Waals surface area (Å²) < 4.78 is 5.48. The minimum absolute atomic E-state index is 0.00212. The highest BCUT2D eigenvalue weighted by Gasteiger charge is 2.18. The van der Waals surface area contributed by atoms with Crippen LogP contribution in [0.2, 0.25) is 0 Å². The number of carbonyl (C=O) groups excluding carboxylic acids is 2. The Kier molecular flexibility index (Phi) is 64.0. The summed E-state index contributed by atoms with van der Waals surface area (Å²) in [6, 6.07) is -0.630. The zero-order valence-electron chi connectivity index (χ0n) is 51.4. The van der Waals surface area contributed by atoms with Crippen molar-refractivity contribution >= 4 is 11.9 Å². The number of allylic oxidation sites excluding steroid dienone is 9. The van der Waals surface area contributed by atoms with E-state index in [1.807, 2.05) is 6.08 Å². The summed E-state index contributed by atoms with van der Waals surface area (Å²) >= 11 is 0. The molecule has 0 aliphatic carbocycles. The number of rotatable bonds is 63. The number of esters is 1. The van der Waals surface area contributed by atoms with Gasteiger partial charge in [-0.15, -0.1) is 0 Å². The number of amides is 1. The number of hydrogen-bond acceptors (Lipinski definition) is 5. The van der Waals surface area contributed by atoms with Gasteiger partial charge in [-0.3, -0.25) is 9.59 Å². The van der Waals surface area contributed by atoms with Gasteiger partial charge in [-0.2, -0.15) is 0 Å². The van der Waals surface area contributed by atoms with Gasteiger partial charge in [0.15, 0.2) is 0 Å². The standard InChI is InChI=1S/C71H131NO5/c1-3-5-7-9-11-13-15-17-19-37-41-45-49-53-57-61-65-71(76)77-66-62-58-54-50-46-42-38-34-32-30-28-26-24-22-20-21-23-25-27-29-31-33-36-40-44-48-52-56-60-64-70(75)72-68(67-73)69(74)63-59-55-51-47-43-39-35-18-16-14-12-10-8-6-4-2/h13,15,19-20,22,26,28,37,59,63,68-69,73-74H,3-12,14,16-18,21,23-25,27,29-36,38-58,60-62,64-67H2,1-2H3,(H,72,75)/b15-13-,22-20-,28-26-,37-19-,63-59+. The van der Waals surface area contributed by atoms with Crippen LogP contribution in [0.25, 0.3) is 0 Å². The second-order valence-electron chi connectivity index (χ2n) is 23.1. The van der Waals surface area contributed by atoms with Gasteiger partial charge in [-0.25, -0.2) is 0 Å². The summed E-state index contributed by atoms with van der Waals surface area (Å²) in [4.78, 5) is 24.5. The van der Waals surface area contributed by atoms with Crippen LogP contribution in [0.4, 0.5) is 0 Å². The van der Waals surface area contributed by atoms with E-state index in [1.165, 1.54) is 270 Å². The lowest BCUT2D eigenvalue weighted by Gasteiger charge is -2.20. The number of ether oxygens (including phenoxy) is 1. The molecule has 0 aromatic rings. The summed E-state index contributed by atoms with van der Waals surface area (Å²) in [5, 5.41) is 23.1. The van der Waals surface area contributed by atoms with Crippen molar-refractivity contribution in [2.45, 2.75) is 366 Å². The van der Waals surface area contributed by atoms with Crippen LogP contribution in [0.1, 0.15) is 354 Å². The maximum Gasteiger partial charge on any atom is 0.305 e. The Morgan fingerprint density at radius 1 is 0.364 bits per heavy atom. The Hall–Kier alpha value is -2.44. The van der Waals surface area contributed by atoms with E-state index in [9.17, 15) is 19.8 Å². The maximum absolute atomic E-state index is 12.5. The molecule has 450 valence electrons. The van der Waals surface area contributed by atoms with E-state index in [-0.39, 0.29) is 18.5 Å². The van der Waals surface area contributed by atoms with Crippen LogP contribution in [0.3, 0.4) is 0 Å². The molecule has 0 saturated heterocycles. The first kappa shape index (κ1) is 74.6. The summed E-state index contributed by atoms with van der Waals surface area (Å²) in [7, 11) is 0. The highest BCUT2D eigenvalue weighted by molar-refractivity contribution is 5.76. The Morgan fingerprint density at radius 3 is 1.00 bits per heavy atom. The second-order valence-corrected chi connectivity index (χ2v) is 23.1. The number of aliphatic hydroxyl groups excluding tert-OH is 2. The molecule has 0 aromatic heterocycles. The van der Waals surface area contributed by atoms with Gasteiger partial charge in [0.05, 0.1) is 25.4 Å². The third kappa shape index (κ3) is 62.6. The molecule has 1 amide bonds. The summed E-state index contributed by atoms with van der Waals surface area (Å²) in [6.45, 7) is 4.89. The fourth-order valence-corrected chi connectivity index (χ4v) is 10.3. The molecular weight excluding hydrogens is 947 g/mol. The Bertz CT molecular complexity index is 1340. The number of carbonyl (C=O) groups is 2. The zero-order chi connectivity index (χ0) is 55.7. The van der Waals surface area contributed by atoms with E-state index in [1.54, 1.807) is 6.08 Å². The van der Waals surface area contributed by atoms with Crippen molar-refractivity contribution in [3.63, 3.8) is 0 Å². The molecule has 0 aromatic carbocycles. The lowest BCUT2D eigenvalue weighted by atomic mass is 10.0. The van der Waals surface area contributed by atoms with Gasteiger partial charge in [0, 0.05) is 12.8 Å². The van der Waals surface area contributed by atoms with Crippen LogP contribution in [0, 0.1) is 0 Å². The van der Waals surface area contributed by atoms with Gasteiger partial charge in [-0.05, 0) is 96.3 Å². The Balaban J connectivity index is 3.43. The second kappa shape index (κ2) is 66.1. The minimum atomic E-state index is -0.846. The van der Waals surface area contributed by atoms with Crippen molar-refractivity contribution < 1.29 is 24.5 Å². The van der Waals surface area contributed by atoms with Crippen LogP contribution in [0.15, 0.2) is 60.8 Å². The minimum Gasteiger partial charge on any atom is -0.466 e. The average Bonchev–Trinajstić information content (AvgIpc) is 3.43. The molecule has 0 rings (SSSR count). The maximum atomic E-state index is 12.5. The van der Waals surface area contributed by atoms with E-state index in [2.05, 4.69) is 67.8 Å². The normalized spacial score (nSPS) is 12.9. The van der Waals surface area contributed by atoms with Gasteiger partial charge in [-0.1, -0.05) is 306 Å². The first-order chi connectivity index (χ1) is 38.0. The molecule has 0 radical (unpaired) electrons. The molecule has 3 N–H and O–H groups in total. The van der Waals surface area contributed by atoms with Gasteiger partial charge in [0.2, 0.25) is 5.91 Å². The van der Waals surface area contributed by atoms with Gasteiger partial charge in [0.25, 0.3) is 0 Å².